The molecule has 1 heterocycles. The molecule has 1 aliphatic heterocycles. The Kier molecular flexibility index (Phi) is 6.36. The maximum absolute atomic E-state index is 12.8. The Morgan fingerprint density at radius 3 is 2.61 bits per heavy atom. The third-order valence-electron chi connectivity index (χ3n) is 4.00. The summed E-state index contributed by atoms with van der Waals surface area (Å²) in [6.45, 7) is 2.11. The molecule has 0 atom stereocenters. The van der Waals surface area contributed by atoms with Gasteiger partial charge in [-0.3, -0.25) is 30.4 Å². The Bertz CT molecular complexity index is 1140. The van der Waals surface area contributed by atoms with Gasteiger partial charge in [0.2, 0.25) is 0 Å². The quantitative estimate of drug-likeness (QED) is 0.269. The topological polar surface area (TPSA) is 148 Å². The summed E-state index contributed by atoms with van der Waals surface area (Å²) in [6, 6.07) is 7.57. The largest absolute Gasteiger partial charge is 0.504 e. The molecule has 0 aliphatic carbocycles. The van der Waals surface area contributed by atoms with E-state index in [2.05, 4.69) is 5.43 Å². The summed E-state index contributed by atoms with van der Waals surface area (Å²) < 4.78 is 5.41. The first-order valence-corrected chi connectivity index (χ1v) is 9.87. The zero-order valence-corrected chi connectivity index (χ0v) is 17.4. The average molecular weight is 462 g/mol. The van der Waals surface area contributed by atoms with E-state index in [-0.39, 0.29) is 26.4 Å². The number of ether oxygens (including phenoxy) is 1. The van der Waals surface area contributed by atoms with Gasteiger partial charge >= 0.3 is 5.69 Å². The van der Waals surface area contributed by atoms with Crippen LogP contribution >= 0.6 is 24.0 Å². The average Bonchev–Trinajstić information content (AvgIpc) is 2.98. The number of nitro groups is 2. The fourth-order valence-corrected chi connectivity index (χ4v) is 3.79. The van der Waals surface area contributed by atoms with E-state index >= 15 is 0 Å². The highest BCUT2D eigenvalue weighted by Gasteiger charge is 2.34. The number of anilines is 1. The molecule has 1 amide bonds. The number of thioether (sulfide) groups is 1. The van der Waals surface area contributed by atoms with Crippen LogP contribution in [0.4, 0.5) is 17.1 Å². The zero-order valence-electron chi connectivity index (χ0n) is 15.8. The molecular formula is C18H14N4O7S2. The van der Waals surface area contributed by atoms with Crippen LogP contribution in [0.5, 0.6) is 11.5 Å². The van der Waals surface area contributed by atoms with Crippen LogP contribution < -0.4 is 10.2 Å². The van der Waals surface area contributed by atoms with E-state index in [1.165, 1.54) is 12.1 Å². The predicted molar refractivity (Wildman–Crippen MR) is 118 cm³/mol. The van der Waals surface area contributed by atoms with Crippen molar-refractivity contribution in [3.8, 4) is 11.5 Å². The van der Waals surface area contributed by atoms with Crippen LogP contribution in [0.2, 0.25) is 0 Å². The molecule has 2 N–H and O–H groups in total. The number of non-ortho nitro benzene ring substituents is 1. The number of hydrazine groups is 1. The number of carbonyl (C=O) groups excluding carboxylic acids is 1. The van der Waals surface area contributed by atoms with E-state index in [1.54, 1.807) is 19.1 Å². The van der Waals surface area contributed by atoms with Crippen LogP contribution in [0.15, 0.2) is 41.3 Å². The van der Waals surface area contributed by atoms with Crippen LogP contribution in [-0.2, 0) is 4.79 Å². The monoisotopic (exact) mass is 462 g/mol. The molecule has 160 valence electrons. The lowest BCUT2D eigenvalue weighted by molar-refractivity contribution is -0.393. The van der Waals surface area contributed by atoms with E-state index < -0.39 is 27.1 Å². The molecule has 13 heteroatoms. The number of phenols is 1. The fourth-order valence-electron chi connectivity index (χ4n) is 2.61. The lowest BCUT2D eigenvalue weighted by atomic mass is 10.2. The second kappa shape index (κ2) is 8.97. The molecule has 0 unspecified atom stereocenters. The molecule has 0 aromatic heterocycles. The first-order valence-electron chi connectivity index (χ1n) is 8.64. The minimum atomic E-state index is -0.797. The number of amides is 1. The first-order chi connectivity index (χ1) is 14.7. The second-order valence-electron chi connectivity index (χ2n) is 6.00. The lowest BCUT2D eigenvalue weighted by Crippen LogP contribution is -2.34. The van der Waals surface area contributed by atoms with Crippen molar-refractivity contribution in [2.75, 3.05) is 12.0 Å². The Labute approximate surface area is 184 Å². The number of aromatic hydroxyl groups is 1. The van der Waals surface area contributed by atoms with Gasteiger partial charge in [-0.1, -0.05) is 17.8 Å². The minimum Gasteiger partial charge on any atom is -0.504 e. The van der Waals surface area contributed by atoms with Crippen molar-refractivity contribution in [3.63, 3.8) is 0 Å². The van der Waals surface area contributed by atoms with Gasteiger partial charge in [-0.05, 0) is 49.0 Å². The summed E-state index contributed by atoms with van der Waals surface area (Å²) in [5.41, 5.74) is 1.97. The Balaban J connectivity index is 1.88. The Morgan fingerprint density at radius 1 is 1.23 bits per heavy atom. The SMILES string of the molecule is CCOc1cc(C=C2SC(=S)N(Nc3ccc([N+](=O)[O-])cc3[N+](=O)[O-])C2=O)ccc1O. The molecule has 0 saturated carbocycles. The van der Waals surface area contributed by atoms with Gasteiger partial charge in [-0.15, -0.1) is 0 Å². The van der Waals surface area contributed by atoms with Gasteiger partial charge in [0.15, 0.2) is 15.8 Å². The van der Waals surface area contributed by atoms with Crippen LogP contribution in [0.3, 0.4) is 0 Å². The lowest BCUT2D eigenvalue weighted by Gasteiger charge is -2.16. The van der Waals surface area contributed by atoms with E-state index in [1.807, 2.05) is 0 Å². The molecule has 31 heavy (non-hydrogen) atoms. The molecule has 0 radical (unpaired) electrons. The highest BCUT2D eigenvalue weighted by atomic mass is 32.2. The Morgan fingerprint density at radius 2 is 1.97 bits per heavy atom. The zero-order chi connectivity index (χ0) is 22.7. The van der Waals surface area contributed by atoms with Crippen molar-refractivity contribution >= 4 is 57.3 Å². The standard InChI is InChI=1S/C18H14N4O7S2/c1-2-29-15-7-10(3-6-14(15)23)8-16-17(24)20(18(30)31-16)19-12-5-4-11(21(25)26)9-13(12)22(27)28/h3-9,19,23H,2H2,1H3. The number of hydrogen-bond donors (Lipinski definition) is 2. The van der Waals surface area contributed by atoms with Gasteiger partial charge in [0.05, 0.1) is 27.4 Å². The van der Waals surface area contributed by atoms with Gasteiger partial charge in [-0.25, -0.2) is 5.01 Å². The minimum absolute atomic E-state index is 0.0429. The number of thiocarbonyl (C=S) groups is 1. The molecule has 2 aromatic carbocycles. The number of nitrogens with zero attached hydrogens (tertiary/aromatic N) is 3. The smallest absolute Gasteiger partial charge is 0.300 e. The summed E-state index contributed by atoms with van der Waals surface area (Å²) >= 11 is 6.16. The maximum Gasteiger partial charge on any atom is 0.300 e. The van der Waals surface area contributed by atoms with Crippen LogP contribution in [-0.4, -0.2) is 36.8 Å². The molecular weight excluding hydrogens is 448 g/mol. The molecule has 1 fully saturated rings. The van der Waals surface area contributed by atoms with Gasteiger partial charge in [0.25, 0.3) is 11.6 Å². The number of hydrogen-bond acceptors (Lipinski definition) is 10. The predicted octanol–water partition coefficient (Wildman–Crippen LogP) is 3.84. The first kappa shape index (κ1) is 22.0. The van der Waals surface area contributed by atoms with E-state index in [0.29, 0.717) is 12.2 Å². The van der Waals surface area contributed by atoms with E-state index in [4.69, 9.17) is 17.0 Å². The number of benzene rings is 2. The molecule has 1 saturated heterocycles. The molecule has 0 bridgehead atoms. The number of nitrogens with one attached hydrogen (secondary N) is 1. The summed E-state index contributed by atoms with van der Waals surface area (Å²) in [7, 11) is 0. The number of nitro benzene ring substituents is 2. The Hall–Kier alpha value is -3.71. The van der Waals surface area contributed by atoms with Crippen LogP contribution in [0.25, 0.3) is 6.08 Å². The fraction of sp³-hybridized carbons (Fsp3) is 0.111. The van der Waals surface area contributed by atoms with Crippen LogP contribution in [0.1, 0.15) is 12.5 Å². The highest BCUT2D eigenvalue weighted by Crippen LogP contribution is 2.36. The molecule has 2 aromatic rings. The molecule has 11 nitrogen and oxygen atoms in total. The van der Waals surface area contributed by atoms with Gasteiger partial charge in [0.1, 0.15) is 5.69 Å². The maximum atomic E-state index is 12.8. The molecule has 0 spiro atoms. The summed E-state index contributed by atoms with van der Waals surface area (Å²) in [6.07, 6.45) is 1.53. The third kappa shape index (κ3) is 4.73. The highest BCUT2D eigenvalue weighted by molar-refractivity contribution is 8.26. The summed E-state index contributed by atoms with van der Waals surface area (Å²) in [5.74, 6) is -0.348. The van der Waals surface area contributed by atoms with Gasteiger partial charge in [0, 0.05) is 6.07 Å². The van der Waals surface area contributed by atoms with Crippen molar-refractivity contribution < 1.29 is 24.5 Å². The summed E-state index contributed by atoms with van der Waals surface area (Å²) in [4.78, 5) is 33.7. The van der Waals surface area contributed by atoms with Crippen molar-refractivity contribution in [3.05, 3.63) is 67.1 Å². The van der Waals surface area contributed by atoms with Gasteiger partial charge < -0.3 is 9.84 Å². The number of rotatable bonds is 7. The van der Waals surface area contributed by atoms with Crippen LogP contribution in [0, 0.1) is 20.2 Å². The number of carbonyl (C=O) groups is 1. The van der Waals surface area contributed by atoms with E-state index in [9.17, 15) is 30.1 Å². The summed E-state index contributed by atoms with van der Waals surface area (Å²) in [5, 5.41) is 32.9. The molecule has 3 rings (SSSR count). The van der Waals surface area contributed by atoms with Gasteiger partial charge in [-0.2, -0.15) is 0 Å². The van der Waals surface area contributed by atoms with E-state index in [0.717, 1.165) is 35.0 Å². The number of phenolic OH excluding ortho intramolecular Hbond substituents is 1. The second-order valence-corrected chi connectivity index (χ2v) is 7.68. The molecule has 1 aliphatic rings. The third-order valence-corrected chi connectivity index (χ3v) is 5.30. The van der Waals surface area contributed by atoms with Crippen molar-refractivity contribution in [1.29, 1.82) is 0 Å². The van der Waals surface area contributed by atoms with Crippen molar-refractivity contribution in [2.24, 2.45) is 0 Å². The normalized spacial score (nSPS) is 14.7. The van der Waals surface area contributed by atoms with Crippen molar-refractivity contribution in [2.45, 2.75) is 6.92 Å². The van der Waals surface area contributed by atoms with Crippen molar-refractivity contribution in [1.82, 2.24) is 5.01 Å².